The van der Waals surface area contributed by atoms with Crippen LogP contribution in [0.2, 0.25) is 0 Å². The highest BCUT2D eigenvalue weighted by Crippen LogP contribution is 2.27. The van der Waals surface area contributed by atoms with Crippen LogP contribution in [0.4, 0.5) is 4.39 Å². The number of pyridine rings is 1. The van der Waals surface area contributed by atoms with E-state index in [0.717, 1.165) is 11.1 Å². The number of fused-ring (bicyclic) bond motifs is 1. The highest BCUT2D eigenvalue weighted by atomic mass is 19.1. The van der Waals surface area contributed by atoms with Gasteiger partial charge in [0, 0.05) is 12.1 Å². The van der Waals surface area contributed by atoms with Crippen molar-refractivity contribution in [2.45, 2.75) is 20.3 Å². The van der Waals surface area contributed by atoms with Gasteiger partial charge < -0.3 is 14.6 Å². The van der Waals surface area contributed by atoms with Crippen molar-refractivity contribution >= 4 is 23.0 Å². The molecular weight excluding hydrogens is 425 g/mol. The molecule has 8 heteroatoms. The first kappa shape index (κ1) is 22.1. The first-order valence-electron chi connectivity index (χ1n) is 10.4. The number of aromatic nitrogens is 2. The van der Waals surface area contributed by atoms with Crippen LogP contribution in [0.1, 0.15) is 27.2 Å². The van der Waals surface area contributed by atoms with E-state index >= 15 is 0 Å². The largest absolute Gasteiger partial charge is 0.452 e. The maximum Gasteiger partial charge on any atom is 0.339 e. The summed E-state index contributed by atoms with van der Waals surface area (Å²) in [6.45, 7) is 3.70. The summed E-state index contributed by atoms with van der Waals surface area (Å²) >= 11 is 0. The van der Waals surface area contributed by atoms with Gasteiger partial charge >= 0.3 is 5.97 Å². The first-order valence-corrected chi connectivity index (χ1v) is 10.4. The minimum absolute atomic E-state index is 0.156. The molecule has 33 heavy (non-hydrogen) atoms. The molecule has 0 saturated heterocycles. The number of hydrogen-bond donors (Lipinski definition) is 1. The summed E-state index contributed by atoms with van der Waals surface area (Å²) < 4.78 is 23.8. The lowest BCUT2D eigenvalue weighted by atomic mass is 10.1. The van der Waals surface area contributed by atoms with Crippen molar-refractivity contribution in [3.8, 4) is 11.3 Å². The highest BCUT2D eigenvalue weighted by molar-refractivity contribution is 6.04. The summed E-state index contributed by atoms with van der Waals surface area (Å²) in [4.78, 5) is 29.4. The Balaban J connectivity index is 1.45. The van der Waals surface area contributed by atoms with E-state index in [1.54, 1.807) is 19.1 Å². The van der Waals surface area contributed by atoms with Gasteiger partial charge in [0.25, 0.3) is 11.6 Å². The first-order chi connectivity index (χ1) is 15.9. The fourth-order valence-corrected chi connectivity index (χ4v) is 3.51. The molecule has 0 atom stereocenters. The summed E-state index contributed by atoms with van der Waals surface area (Å²) in [5.74, 6) is -1.49. The molecule has 0 spiro atoms. The Bertz CT molecular complexity index is 1320. The lowest BCUT2D eigenvalue weighted by Crippen LogP contribution is -2.30. The number of halogens is 1. The molecule has 2 aromatic heterocycles. The van der Waals surface area contributed by atoms with E-state index in [4.69, 9.17) is 9.26 Å². The zero-order valence-corrected chi connectivity index (χ0v) is 18.2. The molecule has 2 heterocycles. The van der Waals surface area contributed by atoms with Crippen molar-refractivity contribution < 1.29 is 23.2 Å². The Morgan fingerprint density at radius 2 is 1.85 bits per heavy atom. The number of nitrogens with zero attached hydrogens (tertiary/aromatic N) is 2. The quantitative estimate of drug-likeness (QED) is 0.428. The number of amides is 1. The molecule has 1 N–H and O–H groups in total. The maximum absolute atomic E-state index is 13.3. The Hall–Kier alpha value is -4.07. The molecule has 2 aromatic carbocycles. The monoisotopic (exact) mass is 447 g/mol. The fraction of sp³-hybridized carbons (Fsp3) is 0.200. The van der Waals surface area contributed by atoms with Gasteiger partial charge in [-0.2, -0.15) is 0 Å². The van der Waals surface area contributed by atoms with Crippen LogP contribution in [0.15, 0.2) is 59.1 Å². The van der Waals surface area contributed by atoms with E-state index < -0.39 is 18.5 Å². The molecule has 168 valence electrons. The molecule has 0 aliphatic rings. The topological polar surface area (TPSA) is 94.3 Å². The van der Waals surface area contributed by atoms with E-state index in [1.165, 1.54) is 18.2 Å². The standard InChI is InChI=1S/C25H22FN3O4/c1-15-5-3-4-6-17(15)11-12-27-22(30)14-32-25(31)20-13-21(18-7-9-19(26)10-8-18)28-24-23(20)16(2)29-33-24/h3-10,13H,11-12,14H2,1-2H3,(H,27,30). The van der Waals surface area contributed by atoms with Crippen LogP contribution in [0, 0.1) is 19.7 Å². The van der Waals surface area contributed by atoms with E-state index in [-0.39, 0.29) is 17.1 Å². The van der Waals surface area contributed by atoms with Gasteiger partial charge in [-0.05, 0) is 61.7 Å². The molecular formula is C25H22FN3O4. The Morgan fingerprint density at radius 3 is 2.61 bits per heavy atom. The molecule has 0 radical (unpaired) electrons. The predicted molar refractivity (Wildman–Crippen MR) is 120 cm³/mol. The predicted octanol–water partition coefficient (Wildman–Crippen LogP) is 4.16. The van der Waals surface area contributed by atoms with Gasteiger partial charge in [-0.25, -0.2) is 14.2 Å². The van der Waals surface area contributed by atoms with Gasteiger partial charge in [0.05, 0.1) is 22.3 Å². The third-order valence-corrected chi connectivity index (χ3v) is 5.29. The number of hydrogen-bond acceptors (Lipinski definition) is 6. The Morgan fingerprint density at radius 1 is 1.09 bits per heavy atom. The van der Waals surface area contributed by atoms with Crippen molar-refractivity contribution in [3.63, 3.8) is 0 Å². The van der Waals surface area contributed by atoms with Crippen molar-refractivity contribution in [1.29, 1.82) is 0 Å². The van der Waals surface area contributed by atoms with Crippen LogP contribution >= 0.6 is 0 Å². The summed E-state index contributed by atoms with van der Waals surface area (Å²) in [7, 11) is 0. The van der Waals surface area contributed by atoms with Crippen molar-refractivity contribution in [1.82, 2.24) is 15.5 Å². The summed E-state index contributed by atoms with van der Waals surface area (Å²) in [6.07, 6.45) is 0.679. The number of esters is 1. The Labute approximate surface area is 189 Å². The van der Waals surface area contributed by atoms with Gasteiger partial charge in [0.15, 0.2) is 6.61 Å². The second kappa shape index (κ2) is 9.60. The average Bonchev–Trinajstić information content (AvgIpc) is 3.19. The second-order valence-corrected chi connectivity index (χ2v) is 7.61. The molecule has 0 aliphatic heterocycles. The minimum Gasteiger partial charge on any atom is -0.452 e. The molecule has 0 bridgehead atoms. The molecule has 4 aromatic rings. The summed E-state index contributed by atoms with van der Waals surface area (Å²) in [5.41, 5.74) is 4.09. The molecule has 4 rings (SSSR count). The van der Waals surface area contributed by atoms with E-state index in [1.807, 2.05) is 31.2 Å². The molecule has 7 nitrogen and oxygen atoms in total. The number of benzene rings is 2. The lowest BCUT2D eigenvalue weighted by Gasteiger charge is -2.09. The van der Waals surface area contributed by atoms with Gasteiger partial charge in [-0.15, -0.1) is 0 Å². The van der Waals surface area contributed by atoms with Crippen LogP contribution < -0.4 is 5.32 Å². The van der Waals surface area contributed by atoms with Crippen LogP contribution in [-0.2, 0) is 16.0 Å². The summed E-state index contributed by atoms with van der Waals surface area (Å²) in [6, 6.07) is 15.2. The average molecular weight is 447 g/mol. The highest BCUT2D eigenvalue weighted by Gasteiger charge is 2.21. The SMILES string of the molecule is Cc1ccccc1CCNC(=O)COC(=O)c1cc(-c2ccc(F)cc2)nc2onc(C)c12. The van der Waals surface area contributed by atoms with E-state index in [9.17, 15) is 14.0 Å². The van der Waals surface area contributed by atoms with E-state index in [0.29, 0.717) is 35.3 Å². The number of carbonyl (C=O) groups is 2. The zero-order valence-electron chi connectivity index (χ0n) is 18.2. The van der Waals surface area contributed by atoms with Crippen LogP contribution in [0.3, 0.4) is 0 Å². The van der Waals surface area contributed by atoms with Crippen LogP contribution in [0.5, 0.6) is 0 Å². The molecule has 0 fully saturated rings. The maximum atomic E-state index is 13.3. The number of nitrogens with one attached hydrogen (secondary N) is 1. The van der Waals surface area contributed by atoms with Gasteiger partial charge in [0.1, 0.15) is 5.82 Å². The third-order valence-electron chi connectivity index (χ3n) is 5.29. The molecule has 1 amide bonds. The normalized spacial score (nSPS) is 10.9. The van der Waals surface area contributed by atoms with Crippen molar-refractivity contribution in [2.24, 2.45) is 0 Å². The van der Waals surface area contributed by atoms with Gasteiger partial charge in [0.2, 0.25) is 0 Å². The second-order valence-electron chi connectivity index (χ2n) is 7.61. The summed E-state index contributed by atoms with van der Waals surface area (Å²) in [5, 5.41) is 7.04. The minimum atomic E-state index is -0.703. The fourth-order valence-electron chi connectivity index (χ4n) is 3.51. The Kier molecular flexibility index (Phi) is 6.44. The molecule has 0 saturated carbocycles. The van der Waals surface area contributed by atoms with Crippen LogP contribution in [0.25, 0.3) is 22.4 Å². The van der Waals surface area contributed by atoms with Crippen LogP contribution in [-0.4, -0.2) is 35.2 Å². The number of aryl methyl sites for hydroxylation is 2. The molecule has 0 unspecified atom stereocenters. The van der Waals surface area contributed by atoms with Crippen molar-refractivity contribution in [2.75, 3.05) is 13.2 Å². The van der Waals surface area contributed by atoms with Gasteiger partial charge in [-0.3, -0.25) is 4.79 Å². The zero-order chi connectivity index (χ0) is 23.4. The lowest BCUT2D eigenvalue weighted by molar-refractivity contribution is -0.124. The number of rotatable bonds is 7. The smallest absolute Gasteiger partial charge is 0.339 e. The third kappa shape index (κ3) is 5.06. The van der Waals surface area contributed by atoms with Gasteiger partial charge in [-0.1, -0.05) is 29.4 Å². The number of ether oxygens (including phenoxy) is 1. The van der Waals surface area contributed by atoms with Crippen molar-refractivity contribution in [3.05, 3.63) is 82.8 Å². The molecule has 0 aliphatic carbocycles. The van der Waals surface area contributed by atoms with E-state index in [2.05, 4.69) is 15.5 Å². The number of carbonyl (C=O) groups excluding carboxylic acids is 2.